The van der Waals surface area contributed by atoms with Gasteiger partial charge in [0.15, 0.2) is 0 Å². The molecule has 3 heteroatoms. The van der Waals surface area contributed by atoms with E-state index in [1.165, 1.54) is 19.3 Å². The summed E-state index contributed by atoms with van der Waals surface area (Å²) >= 11 is 0. The SMILES string of the molecule is NCC1(CC(=O)OCCC2CC2)CCC1. The first-order chi connectivity index (χ1) is 7.24. The lowest BCUT2D eigenvalue weighted by molar-refractivity contribution is -0.148. The Balaban J connectivity index is 1.62. The molecule has 0 spiro atoms. The second kappa shape index (κ2) is 4.52. The van der Waals surface area contributed by atoms with Crippen LogP contribution in [-0.2, 0) is 9.53 Å². The van der Waals surface area contributed by atoms with Gasteiger partial charge >= 0.3 is 5.97 Å². The average Bonchev–Trinajstić information content (AvgIpc) is 2.95. The van der Waals surface area contributed by atoms with Gasteiger partial charge in [-0.15, -0.1) is 0 Å². The van der Waals surface area contributed by atoms with Gasteiger partial charge < -0.3 is 10.5 Å². The molecule has 2 fully saturated rings. The highest BCUT2D eigenvalue weighted by atomic mass is 16.5. The Morgan fingerprint density at radius 3 is 2.60 bits per heavy atom. The van der Waals surface area contributed by atoms with Crippen molar-refractivity contribution in [1.29, 1.82) is 0 Å². The molecule has 0 unspecified atom stereocenters. The standard InChI is InChI=1S/C12H21NO2/c13-9-12(5-1-6-12)8-11(14)15-7-4-10-2-3-10/h10H,1-9,13H2. The van der Waals surface area contributed by atoms with Crippen molar-refractivity contribution in [1.82, 2.24) is 0 Å². The summed E-state index contributed by atoms with van der Waals surface area (Å²) in [6.45, 7) is 1.24. The van der Waals surface area contributed by atoms with Crippen LogP contribution in [-0.4, -0.2) is 19.1 Å². The Morgan fingerprint density at radius 2 is 2.13 bits per heavy atom. The summed E-state index contributed by atoms with van der Waals surface area (Å²) in [6.07, 6.45) is 7.65. The molecular weight excluding hydrogens is 190 g/mol. The zero-order valence-electron chi connectivity index (χ0n) is 9.34. The molecule has 2 rings (SSSR count). The molecule has 86 valence electrons. The van der Waals surface area contributed by atoms with Crippen molar-refractivity contribution in [2.24, 2.45) is 17.1 Å². The van der Waals surface area contributed by atoms with E-state index >= 15 is 0 Å². The molecule has 3 nitrogen and oxygen atoms in total. The number of hydrogen-bond acceptors (Lipinski definition) is 3. The topological polar surface area (TPSA) is 52.3 Å². The number of esters is 1. The summed E-state index contributed by atoms with van der Waals surface area (Å²) in [5.74, 6) is 0.797. The minimum Gasteiger partial charge on any atom is -0.466 e. The van der Waals surface area contributed by atoms with E-state index in [1.54, 1.807) is 0 Å². The van der Waals surface area contributed by atoms with Crippen molar-refractivity contribution in [2.45, 2.75) is 44.9 Å². The van der Waals surface area contributed by atoms with E-state index < -0.39 is 0 Å². The van der Waals surface area contributed by atoms with Gasteiger partial charge in [0, 0.05) is 0 Å². The Kier molecular flexibility index (Phi) is 3.29. The van der Waals surface area contributed by atoms with Gasteiger partial charge in [-0.2, -0.15) is 0 Å². The van der Waals surface area contributed by atoms with Gasteiger partial charge in [0.1, 0.15) is 0 Å². The predicted octanol–water partition coefficient (Wildman–Crippen LogP) is 1.85. The minimum atomic E-state index is -0.0409. The number of hydrogen-bond donors (Lipinski definition) is 1. The Hall–Kier alpha value is -0.570. The largest absolute Gasteiger partial charge is 0.466 e. The lowest BCUT2D eigenvalue weighted by Crippen LogP contribution is -2.39. The van der Waals surface area contributed by atoms with Crippen LogP contribution in [0.2, 0.25) is 0 Å². The van der Waals surface area contributed by atoms with Crippen molar-refractivity contribution in [2.75, 3.05) is 13.2 Å². The summed E-state index contributed by atoms with van der Waals surface area (Å²) in [4.78, 5) is 11.5. The highest BCUT2D eigenvalue weighted by molar-refractivity contribution is 5.70. The summed E-state index contributed by atoms with van der Waals surface area (Å²) in [6, 6.07) is 0. The van der Waals surface area contributed by atoms with Gasteiger partial charge in [-0.25, -0.2) is 0 Å². The zero-order valence-corrected chi connectivity index (χ0v) is 9.34. The van der Waals surface area contributed by atoms with E-state index in [4.69, 9.17) is 10.5 Å². The fourth-order valence-corrected chi connectivity index (χ4v) is 2.23. The second-order valence-electron chi connectivity index (χ2n) is 5.19. The number of carbonyl (C=O) groups is 1. The lowest BCUT2D eigenvalue weighted by Gasteiger charge is -2.40. The van der Waals surface area contributed by atoms with Gasteiger partial charge in [0.2, 0.25) is 0 Å². The first kappa shape index (κ1) is 10.9. The molecule has 0 aromatic rings. The third-order valence-electron chi connectivity index (χ3n) is 3.85. The molecule has 2 saturated carbocycles. The fraction of sp³-hybridized carbons (Fsp3) is 0.917. The molecule has 0 atom stereocenters. The molecule has 2 N–H and O–H groups in total. The quantitative estimate of drug-likeness (QED) is 0.682. The first-order valence-electron chi connectivity index (χ1n) is 6.10. The van der Waals surface area contributed by atoms with Crippen LogP contribution in [0.15, 0.2) is 0 Å². The van der Waals surface area contributed by atoms with E-state index in [1.807, 2.05) is 0 Å². The van der Waals surface area contributed by atoms with Crippen LogP contribution in [0.1, 0.15) is 44.9 Å². The van der Waals surface area contributed by atoms with E-state index in [0.717, 1.165) is 25.2 Å². The zero-order chi connectivity index (χ0) is 10.7. The molecule has 0 saturated heterocycles. The van der Waals surface area contributed by atoms with Gasteiger partial charge in [-0.3, -0.25) is 4.79 Å². The van der Waals surface area contributed by atoms with Gasteiger partial charge in [0.05, 0.1) is 13.0 Å². The van der Waals surface area contributed by atoms with Crippen molar-refractivity contribution in [3.63, 3.8) is 0 Å². The van der Waals surface area contributed by atoms with Crippen molar-refractivity contribution >= 4 is 5.97 Å². The number of carbonyl (C=O) groups excluding carboxylic acids is 1. The average molecular weight is 211 g/mol. The van der Waals surface area contributed by atoms with Gasteiger partial charge in [-0.05, 0) is 37.1 Å². The third kappa shape index (κ3) is 2.94. The van der Waals surface area contributed by atoms with E-state index in [2.05, 4.69) is 0 Å². The minimum absolute atomic E-state index is 0.0409. The van der Waals surface area contributed by atoms with Crippen molar-refractivity contribution in [3.8, 4) is 0 Å². The van der Waals surface area contributed by atoms with Crippen LogP contribution < -0.4 is 5.73 Å². The van der Waals surface area contributed by atoms with Crippen LogP contribution in [0.5, 0.6) is 0 Å². The van der Waals surface area contributed by atoms with Gasteiger partial charge in [-0.1, -0.05) is 19.3 Å². The van der Waals surface area contributed by atoms with Crippen molar-refractivity contribution in [3.05, 3.63) is 0 Å². The molecule has 0 aliphatic heterocycles. The van der Waals surface area contributed by atoms with Crippen LogP contribution in [0.3, 0.4) is 0 Å². The fourth-order valence-electron chi connectivity index (χ4n) is 2.23. The molecule has 2 aliphatic carbocycles. The van der Waals surface area contributed by atoms with Crippen molar-refractivity contribution < 1.29 is 9.53 Å². The summed E-state index contributed by atoms with van der Waals surface area (Å²) in [7, 11) is 0. The highest BCUT2D eigenvalue weighted by Crippen LogP contribution is 2.43. The molecule has 2 aliphatic rings. The summed E-state index contributed by atoms with van der Waals surface area (Å²) < 4.78 is 5.23. The maximum Gasteiger partial charge on any atom is 0.306 e. The predicted molar refractivity (Wildman–Crippen MR) is 58.3 cm³/mol. The van der Waals surface area contributed by atoms with E-state index in [9.17, 15) is 4.79 Å². The van der Waals surface area contributed by atoms with Crippen LogP contribution >= 0.6 is 0 Å². The van der Waals surface area contributed by atoms with Crippen LogP contribution in [0.4, 0.5) is 0 Å². The third-order valence-corrected chi connectivity index (χ3v) is 3.85. The molecule has 0 aromatic heterocycles. The molecule has 0 radical (unpaired) electrons. The summed E-state index contributed by atoms with van der Waals surface area (Å²) in [5.41, 5.74) is 5.79. The molecule has 0 heterocycles. The molecule has 0 aromatic carbocycles. The Labute approximate surface area is 91.4 Å². The maximum absolute atomic E-state index is 11.5. The Bertz CT molecular complexity index is 226. The molecular formula is C12H21NO2. The summed E-state index contributed by atoms with van der Waals surface area (Å²) in [5, 5.41) is 0. The normalized spacial score (nSPS) is 23.3. The number of ether oxygens (including phenoxy) is 1. The van der Waals surface area contributed by atoms with E-state index in [0.29, 0.717) is 19.6 Å². The number of rotatable bonds is 6. The van der Waals surface area contributed by atoms with E-state index in [-0.39, 0.29) is 11.4 Å². The second-order valence-corrected chi connectivity index (χ2v) is 5.19. The number of nitrogens with two attached hydrogens (primary N) is 1. The molecule has 0 amide bonds. The lowest BCUT2D eigenvalue weighted by atomic mass is 9.67. The molecule has 15 heavy (non-hydrogen) atoms. The highest BCUT2D eigenvalue weighted by Gasteiger charge is 2.38. The van der Waals surface area contributed by atoms with Crippen LogP contribution in [0, 0.1) is 11.3 Å². The molecule has 0 bridgehead atoms. The monoisotopic (exact) mass is 211 g/mol. The smallest absolute Gasteiger partial charge is 0.306 e. The van der Waals surface area contributed by atoms with Gasteiger partial charge in [0.25, 0.3) is 0 Å². The maximum atomic E-state index is 11.5. The first-order valence-corrected chi connectivity index (χ1v) is 6.10. The van der Waals surface area contributed by atoms with Crippen LogP contribution in [0.25, 0.3) is 0 Å². The Morgan fingerprint density at radius 1 is 1.40 bits per heavy atom.